The van der Waals surface area contributed by atoms with Crippen LogP contribution in [0.1, 0.15) is 63.6 Å². The fourth-order valence-electron chi connectivity index (χ4n) is 4.34. The van der Waals surface area contributed by atoms with E-state index in [0.717, 1.165) is 35.3 Å². The van der Waals surface area contributed by atoms with Gasteiger partial charge in [0.2, 0.25) is 0 Å². The summed E-state index contributed by atoms with van der Waals surface area (Å²) in [4.78, 5) is 0. The van der Waals surface area contributed by atoms with Crippen LogP contribution >= 0.6 is 0 Å². The van der Waals surface area contributed by atoms with E-state index in [1.54, 1.807) is 6.92 Å². The van der Waals surface area contributed by atoms with Crippen LogP contribution in [0.25, 0.3) is 5.57 Å². The van der Waals surface area contributed by atoms with Crippen LogP contribution in [-0.2, 0) is 13.5 Å². The molecule has 0 bridgehead atoms. The molecule has 5 heteroatoms. The molecule has 0 amide bonds. The number of nitrogens with zero attached hydrogens (tertiary/aromatic N) is 2. The number of aromatic nitrogens is 1. The van der Waals surface area contributed by atoms with E-state index in [2.05, 4.69) is 25.3 Å². The highest BCUT2D eigenvalue weighted by atomic mass is 19.2. The summed E-state index contributed by atoms with van der Waals surface area (Å²) < 4.78 is 30.9. The molecule has 0 N–H and O–H groups in total. The van der Waals surface area contributed by atoms with Gasteiger partial charge < -0.3 is 4.57 Å². The van der Waals surface area contributed by atoms with Crippen molar-refractivity contribution in [1.82, 2.24) is 4.57 Å². The first kappa shape index (κ1) is 18.7. The Kier molecular flexibility index (Phi) is 5.21. The number of rotatable bonds is 4. The summed E-state index contributed by atoms with van der Waals surface area (Å²) in [6.45, 7) is 14.1. The monoisotopic (exact) mass is 333 g/mol. The molecule has 0 aliphatic carbocycles. The number of hydrogen-bond donors (Lipinski definition) is 0. The Morgan fingerprint density at radius 3 is 2.08 bits per heavy atom. The highest BCUT2D eigenvalue weighted by Gasteiger charge is 2.46. The minimum absolute atomic E-state index is 0.672. The highest BCUT2D eigenvalue weighted by molar-refractivity contribution is 6.35. The lowest BCUT2D eigenvalue weighted by Gasteiger charge is -2.10. The van der Waals surface area contributed by atoms with E-state index in [4.69, 9.17) is 0 Å². The van der Waals surface area contributed by atoms with Crippen molar-refractivity contribution in [2.45, 2.75) is 61.3 Å². The molecule has 0 saturated carbocycles. The second kappa shape index (κ2) is 6.69. The summed E-state index contributed by atoms with van der Waals surface area (Å²) in [5, 5.41) is 0. The lowest BCUT2D eigenvalue weighted by molar-refractivity contribution is -0.343. The van der Waals surface area contributed by atoms with Crippen molar-refractivity contribution in [3.63, 3.8) is 0 Å². The van der Waals surface area contributed by atoms with Gasteiger partial charge in [0, 0.05) is 36.4 Å². The molecule has 1 aliphatic heterocycles. The number of allylic oxidation sites excluding steroid dienone is 3. The molecule has 0 fully saturated rings. The van der Waals surface area contributed by atoms with E-state index in [0.29, 0.717) is 11.4 Å². The molecule has 24 heavy (non-hydrogen) atoms. The molecular weight excluding hydrogens is 305 g/mol. The number of hydrogen-bond acceptors (Lipinski definition) is 0. The van der Waals surface area contributed by atoms with Gasteiger partial charge in [0.05, 0.1) is 5.69 Å². The van der Waals surface area contributed by atoms with Crippen LogP contribution in [0.15, 0.2) is 16.8 Å². The van der Waals surface area contributed by atoms with Crippen molar-refractivity contribution in [3.8, 4) is 0 Å². The molecule has 0 saturated heterocycles. The van der Waals surface area contributed by atoms with E-state index in [-0.39, 0.29) is 0 Å². The highest BCUT2D eigenvalue weighted by Crippen LogP contribution is 2.36. The maximum atomic E-state index is 13.8. The van der Waals surface area contributed by atoms with Gasteiger partial charge in [-0.05, 0) is 51.7 Å². The summed E-state index contributed by atoms with van der Waals surface area (Å²) in [5.74, 6) is 0. The Morgan fingerprint density at radius 2 is 1.67 bits per heavy atom. The summed E-state index contributed by atoms with van der Waals surface area (Å²) in [6.07, 6.45) is 1.72. The van der Waals surface area contributed by atoms with Gasteiger partial charge >= 0.3 is 7.40 Å². The number of halogens is 2. The Balaban J connectivity index is 2.83. The molecule has 0 aromatic carbocycles. The van der Waals surface area contributed by atoms with Crippen LogP contribution in [0.2, 0.25) is 0 Å². The third-order valence-corrected chi connectivity index (χ3v) is 5.54. The van der Waals surface area contributed by atoms with E-state index in [9.17, 15) is 8.63 Å². The summed E-state index contributed by atoms with van der Waals surface area (Å²) in [7, 11) is -0.500. The zero-order chi connectivity index (χ0) is 18.3. The van der Waals surface area contributed by atoms with Crippen LogP contribution in [0.4, 0.5) is 8.63 Å². The first-order valence-electron chi connectivity index (χ1n) is 8.66. The van der Waals surface area contributed by atoms with Gasteiger partial charge in [-0.25, -0.2) is 13.1 Å². The van der Waals surface area contributed by atoms with Gasteiger partial charge in [0.1, 0.15) is 0 Å². The van der Waals surface area contributed by atoms with Crippen molar-refractivity contribution in [2.75, 3.05) is 0 Å². The largest absolute Gasteiger partial charge is 0.934 e. The van der Waals surface area contributed by atoms with Crippen LogP contribution < -0.4 is 0 Å². The first-order chi connectivity index (χ1) is 11.2. The fraction of sp³-hybridized carbons (Fsp3) is 0.526. The van der Waals surface area contributed by atoms with Gasteiger partial charge in [-0.15, -0.1) is 0 Å². The zero-order valence-electron chi connectivity index (χ0n) is 16.1. The second-order valence-corrected chi connectivity index (χ2v) is 6.61. The SMILES string of the molecule is CCC1=C(C)/C(=C(\C)c2c(C)c(CC)c(C)n2C)[N+](B(F)F)=C1C. The summed E-state index contributed by atoms with van der Waals surface area (Å²) in [5.41, 5.74) is 9.08. The lowest BCUT2D eigenvalue weighted by atomic mass is 9.98. The standard InChI is InChI=1S/C19H28BF2N2/c1-9-16-11(3)18(23(8)14(16)6)13(5)19-12(4)17(10-2)15(7)24(19)20(21)22/h9-10H2,1-8H3/q+1. The van der Waals surface area contributed by atoms with Crippen molar-refractivity contribution in [1.29, 1.82) is 0 Å². The normalized spacial score (nSPS) is 17.2. The molecule has 2 heterocycles. The lowest BCUT2D eigenvalue weighted by Crippen LogP contribution is -2.25. The molecule has 1 aromatic rings. The molecule has 0 radical (unpaired) electrons. The second-order valence-electron chi connectivity index (χ2n) is 6.61. The quantitative estimate of drug-likeness (QED) is 0.680. The average Bonchev–Trinajstić information content (AvgIpc) is 2.89. The Bertz CT molecular complexity index is 780. The zero-order valence-corrected chi connectivity index (χ0v) is 16.1. The van der Waals surface area contributed by atoms with Gasteiger partial charge in [0.15, 0.2) is 11.4 Å². The topological polar surface area (TPSA) is 7.94 Å². The van der Waals surface area contributed by atoms with E-state index < -0.39 is 7.40 Å². The molecule has 1 aromatic heterocycles. The predicted molar refractivity (Wildman–Crippen MR) is 98.8 cm³/mol. The molecule has 2 nitrogen and oxygen atoms in total. The van der Waals surface area contributed by atoms with Crippen LogP contribution in [-0.4, -0.2) is 22.2 Å². The smallest absolute Gasteiger partial charge is 0.348 e. The van der Waals surface area contributed by atoms with Crippen LogP contribution in [0.3, 0.4) is 0 Å². The van der Waals surface area contributed by atoms with Gasteiger partial charge in [-0.2, -0.15) is 0 Å². The third kappa shape index (κ3) is 2.58. The molecule has 0 spiro atoms. The molecule has 0 atom stereocenters. The Morgan fingerprint density at radius 1 is 1.08 bits per heavy atom. The molecule has 130 valence electrons. The third-order valence-electron chi connectivity index (χ3n) is 5.54. The molecular formula is C19H28BF2N2+. The molecule has 1 aliphatic rings. The molecule has 0 unspecified atom stereocenters. The minimum Gasteiger partial charge on any atom is -0.348 e. The van der Waals surface area contributed by atoms with Crippen LogP contribution in [0, 0.1) is 13.8 Å². The van der Waals surface area contributed by atoms with Gasteiger partial charge in [-0.1, -0.05) is 13.8 Å². The van der Waals surface area contributed by atoms with E-state index in [1.807, 2.05) is 27.8 Å². The fourth-order valence-corrected chi connectivity index (χ4v) is 4.34. The van der Waals surface area contributed by atoms with Crippen LogP contribution in [0.5, 0.6) is 0 Å². The average molecular weight is 333 g/mol. The minimum atomic E-state index is -2.53. The summed E-state index contributed by atoms with van der Waals surface area (Å²) >= 11 is 0. The van der Waals surface area contributed by atoms with E-state index >= 15 is 0 Å². The summed E-state index contributed by atoms with van der Waals surface area (Å²) in [6, 6.07) is 0. The van der Waals surface area contributed by atoms with Gasteiger partial charge in [0.25, 0.3) is 0 Å². The van der Waals surface area contributed by atoms with Crippen molar-refractivity contribution in [2.24, 2.45) is 7.05 Å². The Labute approximate surface area is 144 Å². The first-order valence-corrected chi connectivity index (χ1v) is 8.66. The Hall–Kier alpha value is -1.65. The predicted octanol–water partition coefficient (Wildman–Crippen LogP) is 5.07. The van der Waals surface area contributed by atoms with Crippen molar-refractivity contribution >= 4 is 18.7 Å². The molecule has 2 rings (SSSR count). The maximum absolute atomic E-state index is 13.8. The van der Waals surface area contributed by atoms with Crippen molar-refractivity contribution < 1.29 is 13.1 Å². The van der Waals surface area contributed by atoms with E-state index in [1.165, 1.54) is 21.3 Å². The van der Waals surface area contributed by atoms with Crippen molar-refractivity contribution in [3.05, 3.63) is 39.4 Å². The maximum Gasteiger partial charge on any atom is 0.934 e. The van der Waals surface area contributed by atoms with Gasteiger partial charge in [-0.3, -0.25) is 0 Å².